The average Bonchev–Trinajstić information content (AvgIpc) is 2.83. The number of fused-ring (bicyclic) bond motifs is 1. The first kappa shape index (κ1) is 14.2. The van der Waals surface area contributed by atoms with Gasteiger partial charge in [-0.3, -0.25) is 4.79 Å². The van der Waals surface area contributed by atoms with Gasteiger partial charge in [0, 0.05) is 13.1 Å². The van der Waals surface area contributed by atoms with Gasteiger partial charge in [-0.05, 0) is 18.6 Å². The normalized spacial score (nSPS) is 10.8. The maximum atomic E-state index is 11.3. The maximum Gasteiger partial charge on any atom is 0.249 e. The zero-order valence-corrected chi connectivity index (χ0v) is 11.2. The molecule has 0 aliphatic rings. The van der Waals surface area contributed by atoms with E-state index in [9.17, 15) is 4.79 Å². The van der Waals surface area contributed by atoms with E-state index in [1.165, 1.54) is 23.0 Å². The summed E-state index contributed by atoms with van der Waals surface area (Å²) in [4.78, 5) is 19.4. The van der Waals surface area contributed by atoms with E-state index in [1.54, 1.807) is 6.07 Å². The highest BCUT2D eigenvalue weighted by Crippen LogP contribution is 2.28. The van der Waals surface area contributed by atoms with Gasteiger partial charge in [0.15, 0.2) is 0 Å². The Morgan fingerprint density at radius 1 is 1.20 bits per heavy atom. The summed E-state index contributed by atoms with van der Waals surface area (Å²) in [6, 6.07) is 11.5. The van der Waals surface area contributed by atoms with Gasteiger partial charge in [0.25, 0.3) is 0 Å². The van der Waals surface area contributed by atoms with Gasteiger partial charge < -0.3 is 4.98 Å². The van der Waals surface area contributed by atoms with Crippen LogP contribution in [0.3, 0.4) is 0 Å². The second kappa shape index (κ2) is 5.84. The second-order valence-electron chi connectivity index (χ2n) is 4.18. The number of allylic oxidation sites excluding steroid dienone is 1. The smallest absolute Gasteiger partial charge is 0.249 e. The Morgan fingerprint density at radius 3 is 2.65 bits per heavy atom. The van der Waals surface area contributed by atoms with Crippen LogP contribution in [0.1, 0.15) is 21.3 Å². The third-order valence-corrected chi connectivity index (χ3v) is 3.84. The molecule has 0 fully saturated rings. The van der Waals surface area contributed by atoms with Gasteiger partial charge in [-0.15, -0.1) is 0 Å². The van der Waals surface area contributed by atoms with Crippen molar-refractivity contribution in [3.63, 3.8) is 0 Å². The first-order chi connectivity index (χ1) is 9.26. The van der Waals surface area contributed by atoms with Gasteiger partial charge in [0.1, 0.15) is 9.84 Å². The molecule has 0 unspecified atom stereocenters. The topological polar surface area (TPSA) is 45.8 Å². The quantitative estimate of drug-likeness (QED) is 0.750. The summed E-state index contributed by atoms with van der Waals surface area (Å²) in [5.41, 5.74) is 2.97. The van der Waals surface area contributed by atoms with Crippen LogP contribution in [0.4, 0.5) is 0 Å². The molecule has 0 radical (unpaired) electrons. The number of nitrogens with one attached hydrogen (secondary N) is 1. The summed E-state index contributed by atoms with van der Waals surface area (Å²) in [7, 11) is 0. The van der Waals surface area contributed by atoms with Crippen LogP contribution in [-0.4, -0.2) is 9.97 Å². The molecule has 0 atom stereocenters. The lowest BCUT2D eigenvalue weighted by Crippen LogP contribution is -2.00. The molecule has 0 bridgehead atoms. The third kappa shape index (κ3) is 2.70. The molecule has 0 amide bonds. The summed E-state index contributed by atoms with van der Waals surface area (Å²) in [6.45, 7) is 2.00. The van der Waals surface area contributed by atoms with E-state index in [0.717, 1.165) is 20.9 Å². The minimum Gasteiger partial charge on any atom is -0.312 e. The molecule has 20 heavy (non-hydrogen) atoms. The van der Waals surface area contributed by atoms with Crippen LogP contribution in [0.25, 0.3) is 27.0 Å². The van der Waals surface area contributed by atoms with Crippen molar-refractivity contribution in [1.29, 1.82) is 0 Å². The van der Waals surface area contributed by atoms with Gasteiger partial charge >= 0.3 is 0 Å². The molecule has 0 spiro atoms. The fourth-order valence-electron chi connectivity index (χ4n) is 1.90. The number of H-pyrrole nitrogens is 1. The summed E-state index contributed by atoms with van der Waals surface area (Å²) >= 11 is 1.50. The predicted molar refractivity (Wildman–Crippen MR) is 89.2 cm³/mol. The number of rotatable bonds is 2. The molecule has 1 N–H and O–H groups in total. The average molecular weight is 286 g/mol. The molecule has 0 saturated carbocycles. The Morgan fingerprint density at radius 2 is 1.95 bits per heavy atom. The molecule has 1 aromatic carbocycles. The number of aromatic nitrogens is 2. The lowest BCUT2D eigenvalue weighted by Gasteiger charge is -1.96. The molecule has 0 aliphatic carbocycles. The van der Waals surface area contributed by atoms with E-state index in [4.69, 9.17) is 0 Å². The lowest BCUT2D eigenvalue weighted by atomic mass is 10.1. The number of nitrogens with zero attached hydrogens (tertiary/aromatic N) is 1. The minimum absolute atomic E-state index is 0. The third-order valence-electron chi connectivity index (χ3n) is 2.80. The van der Waals surface area contributed by atoms with Crippen molar-refractivity contribution in [2.45, 2.75) is 14.4 Å². The van der Waals surface area contributed by atoms with E-state index in [1.807, 2.05) is 25.1 Å². The largest absolute Gasteiger partial charge is 0.312 e. The van der Waals surface area contributed by atoms with E-state index >= 15 is 0 Å². The van der Waals surface area contributed by atoms with Crippen molar-refractivity contribution in [3.8, 4) is 10.6 Å². The Hall–Kier alpha value is -2.20. The monoisotopic (exact) mass is 286 g/mol. The van der Waals surface area contributed by atoms with Crippen molar-refractivity contribution >= 4 is 27.8 Å². The maximum absolute atomic E-state index is 11.3. The predicted octanol–water partition coefficient (Wildman–Crippen LogP) is 4.57. The van der Waals surface area contributed by atoms with Gasteiger partial charge in [0.05, 0.1) is 5.52 Å². The molecular formula is C16H18N2OS. The molecule has 4 heteroatoms. The summed E-state index contributed by atoms with van der Waals surface area (Å²) in [5.74, 6) is 0. The first-order valence-corrected chi connectivity index (χ1v) is 6.81. The molecular weight excluding hydrogens is 268 g/mol. The Balaban J connectivity index is 0.00000110. The van der Waals surface area contributed by atoms with Crippen molar-refractivity contribution in [2.24, 2.45) is 0 Å². The van der Waals surface area contributed by atoms with Crippen molar-refractivity contribution in [1.82, 2.24) is 9.97 Å². The van der Waals surface area contributed by atoms with Gasteiger partial charge in [-0.25, -0.2) is 4.98 Å². The fourth-order valence-corrected chi connectivity index (χ4v) is 2.86. The fraction of sp³-hybridized carbons (Fsp3) is 0.125. The summed E-state index contributed by atoms with van der Waals surface area (Å²) in [5, 5.41) is 0.920. The number of hydrogen-bond donors (Lipinski definition) is 1. The first-order valence-electron chi connectivity index (χ1n) is 5.99. The minimum atomic E-state index is -0.0915. The van der Waals surface area contributed by atoms with Gasteiger partial charge in [-0.1, -0.05) is 55.2 Å². The highest BCUT2D eigenvalue weighted by molar-refractivity contribution is 7.21. The molecule has 0 aliphatic heterocycles. The van der Waals surface area contributed by atoms with E-state index in [-0.39, 0.29) is 14.4 Å². The number of aromatic amines is 1. The van der Waals surface area contributed by atoms with Crippen LogP contribution in [0, 0.1) is 0 Å². The summed E-state index contributed by atoms with van der Waals surface area (Å²) < 4.78 is 0. The van der Waals surface area contributed by atoms with Crippen molar-refractivity contribution in [2.75, 3.05) is 0 Å². The van der Waals surface area contributed by atoms with Crippen LogP contribution in [-0.2, 0) is 0 Å². The van der Waals surface area contributed by atoms with E-state index < -0.39 is 0 Å². The SMILES string of the molecule is C.C/C=C/c1ccc(-c2nc3ccc(=O)[nH]c3s2)cc1.[HH]. The molecule has 3 aromatic rings. The standard InChI is InChI=1S/C15H12N2OS.CH4.H2/c1-2-3-10-4-6-11(7-5-10)14-16-12-8-9-13(18)17-15(12)19-14;;/h2-9H,1H3,(H,17,18);1H4;1H/b3-2+;;. The van der Waals surface area contributed by atoms with E-state index in [2.05, 4.69) is 28.2 Å². The molecule has 3 nitrogen and oxygen atoms in total. The number of pyridine rings is 1. The van der Waals surface area contributed by atoms with Gasteiger partial charge in [0.2, 0.25) is 5.56 Å². The van der Waals surface area contributed by atoms with Crippen molar-refractivity contribution in [3.05, 3.63) is 58.4 Å². The molecule has 2 heterocycles. The molecule has 104 valence electrons. The summed E-state index contributed by atoms with van der Waals surface area (Å²) in [6.07, 6.45) is 4.07. The van der Waals surface area contributed by atoms with Crippen molar-refractivity contribution < 1.29 is 1.43 Å². The number of thiazole rings is 1. The zero-order chi connectivity index (χ0) is 13.2. The Bertz CT molecular complexity index is 803. The Labute approximate surface area is 123 Å². The Kier molecular flexibility index (Phi) is 4.15. The molecule has 3 rings (SSSR count). The molecule has 2 aromatic heterocycles. The zero-order valence-electron chi connectivity index (χ0n) is 10.4. The second-order valence-corrected chi connectivity index (χ2v) is 5.18. The van der Waals surface area contributed by atoms with Crippen LogP contribution < -0.4 is 5.56 Å². The highest BCUT2D eigenvalue weighted by Gasteiger charge is 2.06. The van der Waals surface area contributed by atoms with E-state index in [0.29, 0.717) is 0 Å². The van der Waals surface area contributed by atoms with Crippen LogP contribution in [0.15, 0.2) is 47.3 Å². The molecule has 0 saturated heterocycles. The van der Waals surface area contributed by atoms with Crippen LogP contribution >= 0.6 is 11.3 Å². The van der Waals surface area contributed by atoms with Crippen LogP contribution in [0.2, 0.25) is 0 Å². The van der Waals surface area contributed by atoms with Gasteiger partial charge in [-0.2, -0.15) is 0 Å². The highest BCUT2D eigenvalue weighted by atomic mass is 32.1. The number of benzene rings is 1. The van der Waals surface area contributed by atoms with Crippen LogP contribution in [0.5, 0.6) is 0 Å². The number of hydrogen-bond acceptors (Lipinski definition) is 3. The lowest BCUT2D eigenvalue weighted by molar-refractivity contribution is 1.31.